The van der Waals surface area contributed by atoms with Gasteiger partial charge >= 0.3 is 0 Å². The highest BCUT2D eigenvalue weighted by molar-refractivity contribution is 5.83. The number of nitrogens with two attached hydrogens (primary N) is 1. The topological polar surface area (TPSA) is 158 Å². The van der Waals surface area contributed by atoms with E-state index in [9.17, 15) is 15.0 Å². The number of amides is 1. The van der Waals surface area contributed by atoms with E-state index in [-0.39, 0.29) is 18.7 Å². The van der Waals surface area contributed by atoms with Gasteiger partial charge in [-0.05, 0) is 30.9 Å². The van der Waals surface area contributed by atoms with Crippen molar-refractivity contribution < 1.29 is 24.6 Å². The number of aliphatic hydroxyl groups is 2. The number of anilines is 1. The molecule has 3 heterocycles. The molecule has 4 rings (SSSR count). The van der Waals surface area contributed by atoms with E-state index in [1.807, 2.05) is 37.3 Å². The molecule has 0 bridgehead atoms. The summed E-state index contributed by atoms with van der Waals surface area (Å²) in [6.07, 6.45) is -1.78. The summed E-state index contributed by atoms with van der Waals surface area (Å²) < 4.78 is 7.37. The second kappa shape index (κ2) is 10.6. The molecular formula is C23H26N6O5. The molecule has 0 saturated carbocycles. The number of benzene rings is 1. The zero-order valence-corrected chi connectivity index (χ0v) is 18.6. The number of imidazole rings is 1. The Kier molecular flexibility index (Phi) is 7.34. The van der Waals surface area contributed by atoms with Crippen LogP contribution in [0.5, 0.6) is 0 Å². The summed E-state index contributed by atoms with van der Waals surface area (Å²) in [5.41, 5.74) is 9.51. The second-order valence-electron chi connectivity index (χ2n) is 7.84. The number of hydrogen-bond acceptors (Lipinski definition) is 9. The van der Waals surface area contributed by atoms with Gasteiger partial charge in [0.25, 0.3) is 0 Å². The van der Waals surface area contributed by atoms with E-state index < -0.39 is 30.4 Å². The number of primary amides is 1. The SMILES string of the molecule is CCCONc1nc(C#Cc2ccccc2)nc2c1ncn2[C@@H]1O[C@@H](CCC(N)=O)[C@@H](O)[C@H]1O. The van der Waals surface area contributed by atoms with Gasteiger partial charge in [-0.15, -0.1) is 0 Å². The van der Waals surface area contributed by atoms with Crippen LogP contribution in [0.4, 0.5) is 5.82 Å². The van der Waals surface area contributed by atoms with Crippen molar-refractivity contribution in [2.45, 2.75) is 50.7 Å². The molecule has 0 radical (unpaired) electrons. The Morgan fingerprint density at radius 2 is 2.03 bits per heavy atom. The number of nitrogens with zero attached hydrogens (tertiary/aromatic N) is 4. The van der Waals surface area contributed by atoms with Crippen molar-refractivity contribution in [1.29, 1.82) is 0 Å². The van der Waals surface area contributed by atoms with Crippen LogP contribution in [-0.2, 0) is 14.4 Å². The third-order valence-electron chi connectivity index (χ3n) is 5.28. The summed E-state index contributed by atoms with van der Waals surface area (Å²) in [6.45, 7) is 2.43. The molecular weight excluding hydrogens is 440 g/mol. The van der Waals surface area contributed by atoms with Crippen molar-refractivity contribution in [3.63, 3.8) is 0 Å². The lowest BCUT2D eigenvalue weighted by molar-refractivity contribution is -0.119. The van der Waals surface area contributed by atoms with E-state index in [1.165, 1.54) is 10.9 Å². The Bertz CT molecular complexity index is 1210. The molecule has 1 aliphatic rings. The number of aliphatic hydroxyl groups excluding tert-OH is 2. The van der Waals surface area contributed by atoms with Gasteiger partial charge in [-0.25, -0.2) is 15.4 Å². The van der Waals surface area contributed by atoms with Gasteiger partial charge in [0.1, 0.15) is 12.2 Å². The molecule has 1 saturated heterocycles. The molecule has 0 aliphatic carbocycles. The predicted octanol–water partition coefficient (Wildman–Crippen LogP) is 0.864. The maximum atomic E-state index is 11.1. The van der Waals surface area contributed by atoms with Crippen LogP contribution in [0.3, 0.4) is 0 Å². The first-order chi connectivity index (χ1) is 16.5. The van der Waals surface area contributed by atoms with Crippen LogP contribution in [-0.4, -0.2) is 60.6 Å². The normalized spacial score (nSPS) is 21.9. The van der Waals surface area contributed by atoms with E-state index in [4.69, 9.17) is 15.3 Å². The molecule has 11 nitrogen and oxygen atoms in total. The van der Waals surface area contributed by atoms with Crippen LogP contribution >= 0.6 is 0 Å². The molecule has 34 heavy (non-hydrogen) atoms. The highest BCUT2D eigenvalue weighted by atomic mass is 16.6. The fourth-order valence-corrected chi connectivity index (χ4v) is 3.58. The van der Waals surface area contributed by atoms with Crippen molar-refractivity contribution in [2.75, 3.05) is 12.1 Å². The molecule has 1 fully saturated rings. The number of rotatable bonds is 8. The smallest absolute Gasteiger partial charge is 0.217 e. The van der Waals surface area contributed by atoms with Crippen molar-refractivity contribution in [1.82, 2.24) is 19.5 Å². The Labute approximate surface area is 195 Å². The first kappa shape index (κ1) is 23.6. The third kappa shape index (κ3) is 5.16. The van der Waals surface area contributed by atoms with E-state index >= 15 is 0 Å². The van der Waals surface area contributed by atoms with E-state index in [0.29, 0.717) is 23.6 Å². The first-order valence-electron chi connectivity index (χ1n) is 11.0. The molecule has 4 atom stereocenters. The average Bonchev–Trinajstić information content (AvgIpc) is 3.38. The highest BCUT2D eigenvalue weighted by Gasteiger charge is 2.44. The Balaban J connectivity index is 1.70. The Morgan fingerprint density at radius 3 is 2.76 bits per heavy atom. The number of ether oxygens (including phenoxy) is 1. The molecule has 1 aliphatic heterocycles. The van der Waals surface area contributed by atoms with Crippen molar-refractivity contribution in [2.24, 2.45) is 5.73 Å². The molecule has 0 unspecified atom stereocenters. The molecule has 1 aromatic carbocycles. The first-order valence-corrected chi connectivity index (χ1v) is 11.0. The summed E-state index contributed by atoms with van der Waals surface area (Å²) >= 11 is 0. The summed E-state index contributed by atoms with van der Waals surface area (Å²) in [6, 6.07) is 9.41. The number of hydrogen-bond donors (Lipinski definition) is 4. The number of fused-ring (bicyclic) bond motifs is 1. The summed E-state index contributed by atoms with van der Waals surface area (Å²) in [7, 11) is 0. The molecule has 3 aromatic rings. The van der Waals surface area contributed by atoms with E-state index in [0.717, 1.165) is 12.0 Å². The molecule has 2 aromatic heterocycles. The predicted molar refractivity (Wildman–Crippen MR) is 122 cm³/mol. The Hall–Kier alpha value is -3.56. The lowest BCUT2D eigenvalue weighted by Crippen LogP contribution is -2.32. The van der Waals surface area contributed by atoms with Crippen molar-refractivity contribution in [3.05, 3.63) is 48.0 Å². The molecule has 178 valence electrons. The van der Waals surface area contributed by atoms with Crippen LogP contribution in [0, 0.1) is 11.8 Å². The molecule has 1 amide bonds. The highest BCUT2D eigenvalue weighted by Crippen LogP contribution is 2.34. The third-order valence-corrected chi connectivity index (χ3v) is 5.28. The number of aromatic nitrogens is 4. The van der Waals surface area contributed by atoms with Gasteiger partial charge in [-0.3, -0.25) is 14.2 Å². The van der Waals surface area contributed by atoms with Crippen molar-refractivity contribution in [3.8, 4) is 11.8 Å². The number of carbonyl (C=O) groups excluding carboxylic acids is 1. The lowest BCUT2D eigenvalue weighted by atomic mass is 10.1. The summed E-state index contributed by atoms with van der Waals surface area (Å²) in [5.74, 6) is 5.96. The molecule has 5 N–H and O–H groups in total. The van der Waals surface area contributed by atoms with Gasteiger partial charge < -0.3 is 20.7 Å². The maximum absolute atomic E-state index is 11.1. The largest absolute Gasteiger partial charge is 0.388 e. The number of carbonyl (C=O) groups is 1. The van der Waals surface area contributed by atoms with Crippen LogP contribution in [0.1, 0.15) is 43.8 Å². The van der Waals surface area contributed by atoms with Gasteiger partial charge in [0.05, 0.1) is 19.0 Å². The quantitative estimate of drug-likeness (QED) is 0.215. The second-order valence-corrected chi connectivity index (χ2v) is 7.84. The van der Waals surface area contributed by atoms with E-state index in [1.54, 1.807) is 0 Å². The van der Waals surface area contributed by atoms with Gasteiger partial charge in [0.2, 0.25) is 11.7 Å². The zero-order chi connectivity index (χ0) is 24.1. The van der Waals surface area contributed by atoms with Crippen LogP contribution in [0.25, 0.3) is 11.2 Å². The van der Waals surface area contributed by atoms with E-state index in [2.05, 4.69) is 32.3 Å². The fourth-order valence-electron chi connectivity index (χ4n) is 3.58. The van der Waals surface area contributed by atoms with Crippen LogP contribution in [0.2, 0.25) is 0 Å². The molecule has 11 heteroatoms. The standard InChI is InChI=1S/C23H26N6O5/c1-2-12-33-28-21-18-22(27-17(26-21)11-8-14-6-4-3-5-7-14)29(13-25-18)23-20(32)19(31)15(34-23)9-10-16(24)30/h3-7,13,15,19-20,23,31-32H,2,9-10,12H2,1H3,(H2,24,30)(H,26,27,28)/t15-,19+,20+,23+/m0/s1. The van der Waals surface area contributed by atoms with Crippen LogP contribution in [0.15, 0.2) is 36.7 Å². The van der Waals surface area contributed by atoms with Gasteiger partial charge in [-0.2, -0.15) is 4.98 Å². The Morgan fingerprint density at radius 1 is 1.24 bits per heavy atom. The minimum absolute atomic E-state index is 0.0239. The van der Waals surface area contributed by atoms with Gasteiger partial charge in [0.15, 0.2) is 23.2 Å². The van der Waals surface area contributed by atoms with Crippen LogP contribution < -0.4 is 11.2 Å². The fraction of sp³-hybridized carbons (Fsp3) is 0.391. The summed E-state index contributed by atoms with van der Waals surface area (Å²) in [4.78, 5) is 29.9. The minimum Gasteiger partial charge on any atom is -0.388 e. The lowest BCUT2D eigenvalue weighted by Gasteiger charge is -2.16. The number of nitrogens with one attached hydrogen (secondary N) is 1. The van der Waals surface area contributed by atoms with Gasteiger partial charge in [0, 0.05) is 12.0 Å². The minimum atomic E-state index is -1.27. The molecule has 0 spiro atoms. The summed E-state index contributed by atoms with van der Waals surface area (Å²) in [5, 5.41) is 21.1. The monoisotopic (exact) mass is 466 g/mol. The average molecular weight is 466 g/mol. The zero-order valence-electron chi connectivity index (χ0n) is 18.6. The van der Waals surface area contributed by atoms with Crippen molar-refractivity contribution >= 4 is 22.9 Å². The maximum Gasteiger partial charge on any atom is 0.217 e. The van der Waals surface area contributed by atoms with Gasteiger partial charge in [-0.1, -0.05) is 31.0 Å².